The summed E-state index contributed by atoms with van der Waals surface area (Å²) in [5.74, 6) is -0.343. The number of pyridine rings is 1. The first-order valence-electron chi connectivity index (χ1n) is 7.54. The van der Waals surface area contributed by atoms with Crippen molar-refractivity contribution >= 4 is 17.3 Å². The minimum Gasteiger partial charge on any atom is -0.480 e. The van der Waals surface area contributed by atoms with Crippen molar-refractivity contribution < 1.29 is 9.90 Å². The van der Waals surface area contributed by atoms with Crippen LogP contribution in [-0.4, -0.2) is 38.0 Å². The summed E-state index contributed by atoms with van der Waals surface area (Å²) in [5.41, 5.74) is 1.20. The molecule has 114 valence electrons. The molecule has 5 nitrogen and oxygen atoms in total. The van der Waals surface area contributed by atoms with Crippen molar-refractivity contribution in [2.45, 2.75) is 31.3 Å². The highest BCUT2D eigenvalue weighted by atomic mass is 32.1. The van der Waals surface area contributed by atoms with Gasteiger partial charge in [-0.15, -0.1) is 11.3 Å². The summed E-state index contributed by atoms with van der Waals surface area (Å²) in [6.07, 6.45) is 4.67. The number of piperidine rings is 1. The van der Waals surface area contributed by atoms with Crippen LogP contribution in [-0.2, 0) is 11.3 Å². The molecule has 6 heteroatoms. The molecule has 2 aromatic rings. The van der Waals surface area contributed by atoms with Gasteiger partial charge < -0.3 is 5.11 Å². The molecule has 1 aliphatic heterocycles. The number of aromatic nitrogens is 2. The summed E-state index contributed by atoms with van der Waals surface area (Å²) in [5, 5.41) is 12.5. The topological polar surface area (TPSA) is 66.3 Å². The van der Waals surface area contributed by atoms with Gasteiger partial charge in [-0.1, -0.05) is 6.07 Å². The highest BCUT2D eigenvalue weighted by Crippen LogP contribution is 2.54. The molecule has 0 bridgehead atoms. The first-order chi connectivity index (χ1) is 10.7. The van der Waals surface area contributed by atoms with Gasteiger partial charge in [0.1, 0.15) is 10.5 Å². The molecule has 2 fully saturated rings. The first kappa shape index (κ1) is 13.8. The smallest absolute Gasteiger partial charge is 0.324 e. The molecule has 1 aliphatic carbocycles. The number of rotatable bonds is 4. The molecule has 3 heterocycles. The maximum atomic E-state index is 11.7. The lowest BCUT2D eigenvalue weighted by atomic mass is 10.0. The van der Waals surface area contributed by atoms with Gasteiger partial charge in [0.25, 0.3) is 0 Å². The molecule has 2 aromatic heterocycles. The zero-order valence-corrected chi connectivity index (χ0v) is 12.9. The van der Waals surface area contributed by atoms with E-state index in [0.717, 1.165) is 42.2 Å². The Balaban J connectivity index is 1.54. The van der Waals surface area contributed by atoms with Gasteiger partial charge in [-0.3, -0.25) is 14.7 Å². The second-order valence-electron chi connectivity index (χ2n) is 6.05. The average molecular weight is 315 g/mol. The maximum Gasteiger partial charge on any atom is 0.324 e. The molecule has 1 N–H and O–H groups in total. The number of fused-ring (bicyclic) bond motifs is 1. The summed E-state index contributed by atoms with van der Waals surface area (Å²) in [7, 11) is 0. The summed E-state index contributed by atoms with van der Waals surface area (Å²) in [6.45, 7) is 1.46. The fourth-order valence-corrected chi connectivity index (χ4v) is 4.36. The zero-order valence-electron chi connectivity index (χ0n) is 12.1. The van der Waals surface area contributed by atoms with Crippen LogP contribution in [0.3, 0.4) is 0 Å². The van der Waals surface area contributed by atoms with Crippen LogP contribution in [0.4, 0.5) is 0 Å². The SMILES string of the molecule is O=C(O)[C@]12C[C@H]1CCCN2Cc1csc(-c2ccccn2)n1. The van der Waals surface area contributed by atoms with E-state index in [1.807, 2.05) is 23.6 Å². The Bertz CT molecular complexity index is 702. The normalized spacial score (nSPS) is 27.4. The first-order valence-corrected chi connectivity index (χ1v) is 8.42. The van der Waals surface area contributed by atoms with Crippen molar-refractivity contribution in [3.8, 4) is 10.7 Å². The fourth-order valence-electron chi connectivity index (χ4n) is 3.57. The predicted octanol–water partition coefficient (Wildman–Crippen LogP) is 2.64. The number of hydrogen-bond donors (Lipinski definition) is 1. The van der Waals surface area contributed by atoms with Crippen molar-refractivity contribution in [3.63, 3.8) is 0 Å². The van der Waals surface area contributed by atoms with E-state index in [9.17, 15) is 9.90 Å². The van der Waals surface area contributed by atoms with Gasteiger partial charge in [0.15, 0.2) is 0 Å². The third kappa shape index (κ3) is 2.14. The Hall–Kier alpha value is -1.79. The Morgan fingerprint density at radius 1 is 1.50 bits per heavy atom. The molecule has 0 aromatic carbocycles. The van der Waals surface area contributed by atoms with E-state index >= 15 is 0 Å². The van der Waals surface area contributed by atoms with E-state index < -0.39 is 11.5 Å². The molecule has 1 saturated heterocycles. The zero-order chi connectivity index (χ0) is 15.2. The molecule has 0 amide bonds. The van der Waals surface area contributed by atoms with Crippen LogP contribution in [0.25, 0.3) is 10.7 Å². The number of carbonyl (C=O) groups is 1. The number of thiazole rings is 1. The molecule has 4 rings (SSSR count). The van der Waals surface area contributed by atoms with Crippen LogP contribution in [0, 0.1) is 5.92 Å². The van der Waals surface area contributed by atoms with Crippen molar-refractivity contribution in [3.05, 3.63) is 35.5 Å². The summed E-state index contributed by atoms with van der Waals surface area (Å²) in [4.78, 5) is 22.7. The molecule has 0 spiro atoms. The molecule has 2 atom stereocenters. The monoisotopic (exact) mass is 315 g/mol. The molecule has 1 saturated carbocycles. The van der Waals surface area contributed by atoms with Crippen LogP contribution in [0.15, 0.2) is 29.8 Å². The Morgan fingerprint density at radius 3 is 3.18 bits per heavy atom. The van der Waals surface area contributed by atoms with Gasteiger partial charge in [-0.05, 0) is 43.9 Å². The number of aliphatic carboxylic acids is 1. The van der Waals surface area contributed by atoms with Crippen LogP contribution in [0.1, 0.15) is 25.0 Å². The van der Waals surface area contributed by atoms with Crippen LogP contribution >= 0.6 is 11.3 Å². The van der Waals surface area contributed by atoms with Crippen molar-refractivity contribution in [2.24, 2.45) is 5.92 Å². The Labute approximate surface area is 132 Å². The molecule has 2 aliphatic rings. The third-order valence-corrected chi connectivity index (χ3v) is 5.69. The minimum atomic E-state index is -0.669. The van der Waals surface area contributed by atoms with E-state index in [0.29, 0.717) is 12.5 Å². The number of likely N-dealkylation sites (tertiary alicyclic amines) is 1. The lowest BCUT2D eigenvalue weighted by Gasteiger charge is -2.32. The van der Waals surface area contributed by atoms with E-state index in [4.69, 9.17) is 0 Å². The van der Waals surface area contributed by atoms with E-state index in [2.05, 4.69) is 14.9 Å². The minimum absolute atomic E-state index is 0.327. The number of carboxylic acids is 1. The van der Waals surface area contributed by atoms with Gasteiger partial charge in [0.2, 0.25) is 0 Å². The second-order valence-corrected chi connectivity index (χ2v) is 6.91. The summed E-state index contributed by atoms with van der Waals surface area (Å²) >= 11 is 1.57. The fraction of sp³-hybridized carbons (Fsp3) is 0.438. The predicted molar refractivity (Wildman–Crippen MR) is 83.5 cm³/mol. The van der Waals surface area contributed by atoms with Crippen LogP contribution < -0.4 is 0 Å². The lowest BCUT2D eigenvalue weighted by Crippen LogP contribution is -2.47. The third-order valence-electron chi connectivity index (χ3n) is 4.78. The highest BCUT2D eigenvalue weighted by Gasteiger charge is 2.65. The molecule has 0 radical (unpaired) electrons. The lowest BCUT2D eigenvalue weighted by molar-refractivity contribution is -0.147. The average Bonchev–Trinajstić information content (AvgIpc) is 3.14. The highest BCUT2D eigenvalue weighted by molar-refractivity contribution is 7.13. The van der Waals surface area contributed by atoms with E-state index in [1.54, 1.807) is 17.5 Å². The number of hydrogen-bond acceptors (Lipinski definition) is 5. The Morgan fingerprint density at radius 2 is 2.41 bits per heavy atom. The van der Waals surface area contributed by atoms with Gasteiger partial charge >= 0.3 is 5.97 Å². The van der Waals surface area contributed by atoms with Gasteiger partial charge in [-0.2, -0.15) is 0 Å². The summed E-state index contributed by atoms with van der Waals surface area (Å²) < 4.78 is 0. The van der Waals surface area contributed by atoms with Crippen LogP contribution in [0.2, 0.25) is 0 Å². The largest absolute Gasteiger partial charge is 0.480 e. The number of carboxylic acid groups (broad SMARTS) is 1. The summed E-state index contributed by atoms with van der Waals surface area (Å²) in [6, 6.07) is 5.77. The van der Waals surface area contributed by atoms with Crippen LogP contribution in [0.5, 0.6) is 0 Å². The molecule has 0 unspecified atom stereocenters. The van der Waals surface area contributed by atoms with Crippen molar-refractivity contribution in [1.29, 1.82) is 0 Å². The molecular formula is C16H17N3O2S. The quantitative estimate of drug-likeness (QED) is 0.939. The molecule has 22 heavy (non-hydrogen) atoms. The molecular weight excluding hydrogens is 298 g/mol. The van der Waals surface area contributed by atoms with E-state index in [-0.39, 0.29) is 0 Å². The maximum absolute atomic E-state index is 11.7. The van der Waals surface area contributed by atoms with Crippen molar-refractivity contribution in [2.75, 3.05) is 6.54 Å². The van der Waals surface area contributed by atoms with Gasteiger partial charge in [0, 0.05) is 18.1 Å². The second kappa shape index (κ2) is 5.14. The Kier molecular flexibility index (Phi) is 3.23. The standard InChI is InChI=1S/C16H17N3O2S/c20-15(21)16-8-11(16)4-3-7-19(16)9-12-10-22-14(18-12)13-5-1-2-6-17-13/h1-2,5-6,10-11H,3-4,7-9H2,(H,20,21)/t11-,16+/m1/s1. The van der Waals surface area contributed by atoms with Gasteiger partial charge in [-0.25, -0.2) is 4.98 Å². The van der Waals surface area contributed by atoms with Crippen molar-refractivity contribution in [1.82, 2.24) is 14.9 Å². The van der Waals surface area contributed by atoms with E-state index in [1.165, 1.54) is 0 Å². The van der Waals surface area contributed by atoms with Gasteiger partial charge in [0.05, 0.1) is 11.4 Å². The number of nitrogens with zero attached hydrogens (tertiary/aromatic N) is 3.